The maximum atomic E-state index is 10.4. The minimum Gasteiger partial charge on any atom is -0.393 e. The molecule has 0 heterocycles. The molecule has 8 unspecified atom stereocenters. The average molecular weight is 363 g/mol. The van der Waals surface area contributed by atoms with Gasteiger partial charge in [0.2, 0.25) is 0 Å². The molecule has 0 aromatic rings. The van der Waals surface area contributed by atoms with E-state index >= 15 is 0 Å². The van der Waals surface area contributed by atoms with E-state index in [4.69, 9.17) is 4.74 Å². The third-order valence-corrected chi connectivity index (χ3v) is 9.03. The van der Waals surface area contributed by atoms with E-state index in [1.165, 1.54) is 24.8 Å². The van der Waals surface area contributed by atoms with Crippen molar-refractivity contribution in [2.24, 2.45) is 34.5 Å². The standard InChI is InChI=1S/C23H38O3/c1-14-6-7-17-20-18(9-11-22(14,17)4)23(5)10-8-16(24)12-15(23)13-19(20)26-21(2,3)25/h15-20,24-25H,1,6-13H2,2-5H3. The fraction of sp³-hybridized carbons (Fsp3) is 0.913. The molecule has 0 radical (unpaired) electrons. The van der Waals surface area contributed by atoms with Crippen molar-refractivity contribution in [1.82, 2.24) is 0 Å². The topological polar surface area (TPSA) is 49.7 Å². The van der Waals surface area contributed by atoms with Crippen LogP contribution in [0.5, 0.6) is 0 Å². The van der Waals surface area contributed by atoms with Crippen LogP contribution in [0.3, 0.4) is 0 Å². The van der Waals surface area contributed by atoms with Gasteiger partial charge in [0.05, 0.1) is 12.2 Å². The monoisotopic (exact) mass is 362 g/mol. The van der Waals surface area contributed by atoms with Crippen LogP contribution < -0.4 is 0 Å². The van der Waals surface area contributed by atoms with Crippen LogP contribution in [0.25, 0.3) is 0 Å². The Kier molecular flexibility index (Phi) is 4.42. The fourth-order valence-corrected chi connectivity index (χ4v) is 7.58. The largest absolute Gasteiger partial charge is 0.393 e. The van der Waals surface area contributed by atoms with Gasteiger partial charge in [0.25, 0.3) is 0 Å². The van der Waals surface area contributed by atoms with Crippen molar-refractivity contribution in [3.05, 3.63) is 12.2 Å². The maximum Gasteiger partial charge on any atom is 0.160 e. The molecule has 148 valence electrons. The van der Waals surface area contributed by atoms with Gasteiger partial charge in [0.1, 0.15) is 0 Å². The fourth-order valence-electron chi connectivity index (χ4n) is 7.58. The molecule has 26 heavy (non-hydrogen) atoms. The minimum atomic E-state index is -1.10. The molecule has 4 aliphatic rings. The highest BCUT2D eigenvalue weighted by molar-refractivity contribution is 5.22. The molecule has 4 rings (SSSR count). The molecule has 0 bridgehead atoms. The first-order chi connectivity index (χ1) is 12.0. The zero-order valence-electron chi connectivity index (χ0n) is 17.1. The Morgan fingerprint density at radius 1 is 1.08 bits per heavy atom. The summed E-state index contributed by atoms with van der Waals surface area (Å²) in [5, 5.41) is 20.7. The van der Waals surface area contributed by atoms with Crippen molar-refractivity contribution in [3.63, 3.8) is 0 Å². The summed E-state index contributed by atoms with van der Waals surface area (Å²) < 4.78 is 6.31. The van der Waals surface area contributed by atoms with E-state index < -0.39 is 5.79 Å². The molecular weight excluding hydrogens is 324 g/mol. The van der Waals surface area contributed by atoms with E-state index in [9.17, 15) is 10.2 Å². The molecule has 0 spiro atoms. The van der Waals surface area contributed by atoms with E-state index in [0.717, 1.165) is 32.1 Å². The van der Waals surface area contributed by atoms with Crippen molar-refractivity contribution in [2.45, 2.75) is 97.1 Å². The number of hydrogen-bond donors (Lipinski definition) is 2. The van der Waals surface area contributed by atoms with E-state index in [1.54, 1.807) is 13.8 Å². The summed E-state index contributed by atoms with van der Waals surface area (Å²) in [5.41, 5.74) is 2.00. The van der Waals surface area contributed by atoms with E-state index in [2.05, 4.69) is 20.4 Å². The molecule has 0 aromatic heterocycles. The number of fused-ring (bicyclic) bond motifs is 5. The van der Waals surface area contributed by atoms with Gasteiger partial charge in [-0.1, -0.05) is 26.0 Å². The van der Waals surface area contributed by atoms with E-state index in [1.807, 2.05) is 0 Å². The highest BCUT2D eigenvalue weighted by Crippen LogP contribution is 2.67. The Bertz CT molecular complexity index is 578. The smallest absolute Gasteiger partial charge is 0.160 e. The Hall–Kier alpha value is -0.380. The maximum absolute atomic E-state index is 10.4. The lowest BCUT2D eigenvalue weighted by Crippen LogP contribution is -2.59. The summed E-state index contributed by atoms with van der Waals surface area (Å²) in [5.74, 6) is 1.19. The summed E-state index contributed by atoms with van der Waals surface area (Å²) in [4.78, 5) is 0. The molecule has 3 heteroatoms. The van der Waals surface area contributed by atoms with Gasteiger partial charge in [0.15, 0.2) is 5.79 Å². The number of hydrogen-bond acceptors (Lipinski definition) is 3. The molecule has 0 aromatic carbocycles. The second-order valence-corrected chi connectivity index (χ2v) is 10.9. The Balaban J connectivity index is 1.72. The summed E-state index contributed by atoms with van der Waals surface area (Å²) >= 11 is 0. The third-order valence-electron chi connectivity index (χ3n) is 9.03. The number of aliphatic hydroxyl groups excluding tert-OH is 1. The summed E-state index contributed by atoms with van der Waals surface area (Å²) in [6.45, 7) is 12.9. The molecule has 4 aliphatic carbocycles. The number of ether oxygens (including phenoxy) is 1. The molecule has 3 nitrogen and oxygen atoms in total. The molecular formula is C23H38O3. The van der Waals surface area contributed by atoms with Gasteiger partial charge < -0.3 is 14.9 Å². The lowest BCUT2D eigenvalue weighted by molar-refractivity contribution is -0.263. The van der Waals surface area contributed by atoms with Gasteiger partial charge in [-0.05, 0) is 99.7 Å². The quantitative estimate of drug-likeness (QED) is 0.554. The molecule has 4 saturated carbocycles. The van der Waals surface area contributed by atoms with Crippen LogP contribution in [0.2, 0.25) is 0 Å². The second kappa shape index (κ2) is 6.06. The van der Waals surface area contributed by atoms with Crippen LogP contribution in [0.4, 0.5) is 0 Å². The molecule has 4 fully saturated rings. The van der Waals surface area contributed by atoms with Gasteiger partial charge in [-0.25, -0.2) is 0 Å². The van der Waals surface area contributed by atoms with Crippen LogP contribution in [-0.2, 0) is 4.74 Å². The molecule has 0 amide bonds. The van der Waals surface area contributed by atoms with Crippen molar-refractivity contribution in [3.8, 4) is 0 Å². The first-order valence-corrected chi connectivity index (χ1v) is 10.8. The van der Waals surface area contributed by atoms with Crippen LogP contribution in [0.15, 0.2) is 12.2 Å². The normalized spacial score (nSPS) is 51.5. The molecule has 2 N–H and O–H groups in total. The average Bonchev–Trinajstić information content (AvgIpc) is 2.83. The number of aliphatic hydroxyl groups is 2. The first-order valence-electron chi connectivity index (χ1n) is 10.8. The Morgan fingerprint density at radius 2 is 1.81 bits per heavy atom. The molecule has 0 saturated heterocycles. The highest BCUT2D eigenvalue weighted by Gasteiger charge is 2.62. The Morgan fingerprint density at radius 3 is 2.50 bits per heavy atom. The summed E-state index contributed by atoms with van der Waals surface area (Å²) in [6.07, 6.45) is 8.78. The predicted molar refractivity (Wildman–Crippen MR) is 103 cm³/mol. The highest BCUT2D eigenvalue weighted by atomic mass is 16.6. The van der Waals surface area contributed by atoms with Crippen molar-refractivity contribution in [2.75, 3.05) is 0 Å². The number of rotatable bonds is 2. The first kappa shape index (κ1) is 19.0. The van der Waals surface area contributed by atoms with Crippen LogP contribution in [0.1, 0.15) is 79.1 Å². The van der Waals surface area contributed by atoms with Crippen molar-refractivity contribution < 1.29 is 14.9 Å². The predicted octanol–water partition coefficient (Wildman–Crippen LogP) is 4.67. The zero-order chi connectivity index (χ0) is 18.9. The molecule has 8 atom stereocenters. The second-order valence-electron chi connectivity index (χ2n) is 10.9. The van der Waals surface area contributed by atoms with Gasteiger partial charge in [-0.15, -0.1) is 0 Å². The van der Waals surface area contributed by atoms with Gasteiger partial charge in [-0.3, -0.25) is 0 Å². The van der Waals surface area contributed by atoms with Crippen LogP contribution in [-0.4, -0.2) is 28.2 Å². The van der Waals surface area contributed by atoms with Crippen LogP contribution in [0, 0.1) is 34.5 Å². The minimum absolute atomic E-state index is 0.0962. The van der Waals surface area contributed by atoms with E-state index in [0.29, 0.717) is 29.1 Å². The van der Waals surface area contributed by atoms with Crippen LogP contribution >= 0.6 is 0 Å². The SMILES string of the molecule is C=C1CCC2C3C(OC(C)(C)O)CC4CC(O)CCC4(C)C3CCC12C. The van der Waals surface area contributed by atoms with E-state index in [-0.39, 0.29) is 17.6 Å². The molecule has 0 aliphatic heterocycles. The summed E-state index contributed by atoms with van der Waals surface area (Å²) in [7, 11) is 0. The summed E-state index contributed by atoms with van der Waals surface area (Å²) in [6, 6.07) is 0. The lowest BCUT2D eigenvalue weighted by Gasteiger charge is -2.62. The Labute approximate surface area is 159 Å². The number of allylic oxidation sites excluding steroid dienone is 1. The third kappa shape index (κ3) is 2.81. The van der Waals surface area contributed by atoms with Crippen molar-refractivity contribution >= 4 is 0 Å². The van der Waals surface area contributed by atoms with Crippen molar-refractivity contribution in [1.29, 1.82) is 0 Å². The lowest BCUT2D eigenvalue weighted by atomic mass is 9.44. The van der Waals surface area contributed by atoms with Gasteiger partial charge in [-0.2, -0.15) is 0 Å². The zero-order valence-corrected chi connectivity index (χ0v) is 17.1. The van der Waals surface area contributed by atoms with Gasteiger partial charge in [0, 0.05) is 0 Å². The van der Waals surface area contributed by atoms with Gasteiger partial charge >= 0.3 is 0 Å².